The molecule has 0 heterocycles. The first-order valence-corrected chi connectivity index (χ1v) is 18.5. The molecule has 0 nitrogen and oxygen atoms in total. The summed E-state index contributed by atoms with van der Waals surface area (Å²) in [5, 5.41) is 0. The summed E-state index contributed by atoms with van der Waals surface area (Å²) in [7, 11) is 0. The minimum absolute atomic E-state index is 1.08. The molecule has 0 unspecified atom stereocenters. The van der Waals surface area contributed by atoms with E-state index in [2.05, 4.69) is 193 Å². The number of rotatable bonds is 6. The Morgan fingerprint density at radius 3 is 1.28 bits per heavy atom. The van der Waals surface area contributed by atoms with E-state index < -0.39 is 0 Å². The molecule has 0 spiro atoms. The second-order valence-electron chi connectivity index (χ2n) is 4.24. The fourth-order valence-corrected chi connectivity index (χ4v) is 13.6. The summed E-state index contributed by atoms with van der Waals surface area (Å²) in [6, 6.07) is 4.68. The maximum Gasteiger partial charge on any atom is 0.0502 e. The van der Waals surface area contributed by atoms with Gasteiger partial charge in [0.15, 0.2) is 0 Å². The normalized spacial score (nSPS) is 11.2. The van der Waals surface area contributed by atoms with E-state index in [-0.39, 0.29) is 0 Å². The van der Waals surface area contributed by atoms with Crippen LogP contribution in [0.15, 0.2) is 31.7 Å². The van der Waals surface area contributed by atoms with Crippen molar-refractivity contribution in [3.8, 4) is 0 Å². The number of halogens is 8. The van der Waals surface area contributed by atoms with Gasteiger partial charge in [-0.25, -0.2) is 0 Å². The third-order valence-corrected chi connectivity index (χ3v) is 17.7. The van der Waals surface area contributed by atoms with Gasteiger partial charge in [0.25, 0.3) is 0 Å². The van der Waals surface area contributed by atoms with E-state index in [1.807, 2.05) is 35.3 Å². The molecule has 25 heavy (non-hydrogen) atoms. The Morgan fingerprint density at radius 2 is 0.960 bits per heavy atom. The van der Waals surface area contributed by atoms with Crippen LogP contribution >= 0.6 is 216 Å². The molecule has 0 atom stereocenters. The number of benzene rings is 2. The lowest BCUT2D eigenvalue weighted by molar-refractivity contribution is 1.20. The highest BCUT2D eigenvalue weighted by Gasteiger charge is 2.18. The average Bonchev–Trinajstić information content (AvgIpc) is 2.57. The summed E-state index contributed by atoms with van der Waals surface area (Å²) in [6.45, 7) is 0. The minimum atomic E-state index is 1.08. The minimum Gasteiger partial charge on any atom is -0.113 e. The molecule has 0 saturated heterocycles. The Bertz CT molecular complexity index is 731. The van der Waals surface area contributed by atoms with Crippen molar-refractivity contribution >= 4 is 216 Å². The number of alkyl halides is 2. The van der Waals surface area contributed by atoms with Gasteiger partial charge in [-0.1, -0.05) is 56.9 Å². The lowest BCUT2D eigenvalue weighted by atomic mass is 10.4. The maximum absolute atomic E-state index is 2.50. The fraction of sp³-hybridized carbons (Fsp3) is 0.143. The Hall–Kier alpha value is 5.33. The van der Waals surface area contributed by atoms with E-state index in [9.17, 15) is 0 Å². The molecule has 136 valence electrons. The molecule has 2 aromatic rings. The first kappa shape index (κ1) is 26.6. The van der Waals surface area contributed by atoms with Gasteiger partial charge in [-0.05, 0) is 148 Å². The second-order valence-corrected chi connectivity index (χ2v) is 17.5. The molecule has 0 amide bonds. The highest BCUT2D eigenvalue weighted by Crippen LogP contribution is 2.44. The van der Waals surface area contributed by atoms with Crippen molar-refractivity contribution in [2.75, 3.05) is 7.52 Å². The Balaban J connectivity index is 2.47. The Kier molecular flexibility index (Phi) is 14.0. The molecule has 0 fully saturated rings. The quantitative estimate of drug-likeness (QED) is 0.122. The molecule has 0 aromatic heterocycles. The largest absolute Gasteiger partial charge is 0.113 e. The third-order valence-electron chi connectivity index (χ3n) is 2.78. The lowest BCUT2D eigenvalue weighted by Gasteiger charge is -2.15. The van der Waals surface area contributed by atoms with Crippen LogP contribution in [0, 0.1) is 21.4 Å². The molecule has 2 aromatic carbocycles. The van der Waals surface area contributed by atoms with Crippen molar-refractivity contribution in [2.45, 2.75) is 19.6 Å². The molecule has 0 bridgehead atoms. The van der Waals surface area contributed by atoms with Crippen LogP contribution in [0.25, 0.3) is 0 Å². The smallest absolute Gasteiger partial charge is 0.0502 e. The summed E-state index contributed by atoms with van der Waals surface area (Å²) < 4.78 is 10.3. The van der Waals surface area contributed by atoms with Crippen molar-refractivity contribution < 1.29 is 0 Å². The van der Waals surface area contributed by atoms with Gasteiger partial charge >= 0.3 is 0 Å². The number of thioether (sulfide) groups is 2. The molecule has 0 aliphatic rings. The Morgan fingerprint density at radius 1 is 0.600 bits per heavy atom. The zero-order chi connectivity index (χ0) is 18.7. The third kappa shape index (κ3) is 7.16. The first-order chi connectivity index (χ1) is 11.8. The van der Waals surface area contributed by atoms with Crippen LogP contribution in [-0.4, -0.2) is 7.52 Å². The molecule has 11 heteroatoms. The molecule has 2 rings (SSSR count). The Labute approximate surface area is 270 Å². The van der Waals surface area contributed by atoms with Crippen molar-refractivity contribution in [1.29, 1.82) is 0 Å². The fourth-order valence-electron chi connectivity index (χ4n) is 1.75. The standard InChI is InChI=1S/C14H6I8S3/c15-3-23-13-5(17)1-7(9(19)11(13)21)25-8-2-6(18)14(24-4-16)12(22)10(8)20/h1-2H,3-4H2. The first-order valence-electron chi connectivity index (χ1n) is 6.22. The summed E-state index contributed by atoms with van der Waals surface area (Å²) in [5.41, 5.74) is 0. The van der Waals surface area contributed by atoms with Crippen molar-refractivity contribution in [1.82, 2.24) is 0 Å². The van der Waals surface area contributed by atoms with Crippen LogP contribution in [0.4, 0.5) is 0 Å². The molecule has 0 aliphatic carbocycles. The van der Waals surface area contributed by atoms with Crippen LogP contribution < -0.4 is 0 Å². The summed E-state index contributed by atoms with van der Waals surface area (Å²) in [5.74, 6) is 0. The van der Waals surface area contributed by atoms with E-state index in [0.29, 0.717) is 0 Å². The van der Waals surface area contributed by atoms with Crippen molar-refractivity contribution in [2.24, 2.45) is 0 Å². The van der Waals surface area contributed by atoms with E-state index in [4.69, 9.17) is 0 Å². The van der Waals surface area contributed by atoms with Crippen LogP contribution in [0.3, 0.4) is 0 Å². The van der Waals surface area contributed by atoms with Gasteiger partial charge in [0.2, 0.25) is 0 Å². The highest BCUT2D eigenvalue weighted by atomic mass is 127. The van der Waals surface area contributed by atoms with Gasteiger partial charge in [0, 0.05) is 41.0 Å². The SMILES string of the molecule is ICSc1c(I)cc(Sc2cc(I)c(SCI)c(I)c2I)c(I)c1I. The van der Waals surface area contributed by atoms with Gasteiger partial charge in [-0.2, -0.15) is 0 Å². The van der Waals surface area contributed by atoms with Gasteiger partial charge < -0.3 is 0 Å². The predicted molar refractivity (Wildman–Crippen MR) is 183 cm³/mol. The molecular weight excluding hydrogens is 1280 g/mol. The summed E-state index contributed by atoms with van der Waals surface area (Å²) in [4.78, 5) is 5.53. The second kappa shape index (κ2) is 13.1. The molecular formula is C14H6I8S3. The number of hydrogen-bond donors (Lipinski definition) is 0. The molecule has 0 radical (unpaired) electrons. The van der Waals surface area contributed by atoms with E-state index in [0.717, 1.165) is 7.52 Å². The molecule has 0 saturated carbocycles. The van der Waals surface area contributed by atoms with Gasteiger partial charge in [0.05, 0.1) is 7.52 Å². The van der Waals surface area contributed by atoms with Crippen molar-refractivity contribution in [3.63, 3.8) is 0 Å². The van der Waals surface area contributed by atoms with Crippen molar-refractivity contribution in [3.05, 3.63) is 33.6 Å². The topological polar surface area (TPSA) is 0 Å². The lowest BCUT2D eigenvalue weighted by Crippen LogP contribution is -1.96. The molecule has 0 N–H and O–H groups in total. The van der Waals surface area contributed by atoms with Crippen LogP contribution in [0.2, 0.25) is 0 Å². The van der Waals surface area contributed by atoms with E-state index in [1.165, 1.54) is 41.0 Å². The van der Waals surface area contributed by atoms with Gasteiger partial charge in [-0.15, -0.1) is 23.5 Å². The van der Waals surface area contributed by atoms with E-state index in [1.54, 1.807) is 0 Å². The van der Waals surface area contributed by atoms with E-state index >= 15 is 0 Å². The summed E-state index contributed by atoms with van der Waals surface area (Å²) >= 11 is 25.6. The summed E-state index contributed by atoms with van der Waals surface area (Å²) in [6.07, 6.45) is 0. The number of hydrogen-bond acceptors (Lipinski definition) is 3. The van der Waals surface area contributed by atoms with Crippen LogP contribution in [0.5, 0.6) is 0 Å². The predicted octanol–water partition coefficient (Wildman–Crippen LogP) is 10.4. The zero-order valence-corrected chi connectivity index (χ0v) is 31.5. The van der Waals surface area contributed by atoms with Gasteiger partial charge in [0.1, 0.15) is 0 Å². The average molecular weight is 1290 g/mol. The molecule has 0 aliphatic heterocycles. The van der Waals surface area contributed by atoms with Crippen LogP contribution in [-0.2, 0) is 0 Å². The highest BCUT2D eigenvalue weighted by molar-refractivity contribution is 14.1. The maximum atomic E-state index is 2.50. The van der Waals surface area contributed by atoms with Gasteiger partial charge in [-0.3, -0.25) is 0 Å². The zero-order valence-electron chi connectivity index (χ0n) is 11.8. The van der Waals surface area contributed by atoms with Crippen LogP contribution in [0.1, 0.15) is 0 Å². The monoisotopic (exact) mass is 1290 g/mol.